The van der Waals surface area contributed by atoms with Crippen molar-refractivity contribution in [1.82, 2.24) is 14.9 Å². The Hall–Kier alpha value is -2.34. The second-order valence-electron chi connectivity index (χ2n) is 5.74. The molecular formula is C18H17FN4O3S3. The van der Waals surface area contributed by atoms with Gasteiger partial charge in [-0.3, -0.25) is 10.1 Å². The van der Waals surface area contributed by atoms with Crippen LogP contribution in [-0.4, -0.2) is 31.1 Å². The number of halogens is 1. The molecule has 29 heavy (non-hydrogen) atoms. The van der Waals surface area contributed by atoms with Crippen LogP contribution in [0.1, 0.15) is 22.8 Å². The summed E-state index contributed by atoms with van der Waals surface area (Å²) in [6, 6.07) is 12.9. The Balaban J connectivity index is 1.70. The number of nitrogens with zero attached hydrogens (tertiary/aromatic N) is 2. The van der Waals surface area contributed by atoms with E-state index in [9.17, 15) is 17.6 Å². The Kier molecular flexibility index (Phi) is 6.96. The molecule has 0 radical (unpaired) electrons. The summed E-state index contributed by atoms with van der Waals surface area (Å²) in [7, 11) is -3.81. The van der Waals surface area contributed by atoms with Gasteiger partial charge >= 0.3 is 0 Å². The van der Waals surface area contributed by atoms with Crippen molar-refractivity contribution in [2.75, 3.05) is 11.9 Å². The summed E-state index contributed by atoms with van der Waals surface area (Å²) in [6.45, 7) is 1.80. The highest BCUT2D eigenvalue weighted by atomic mass is 32.2. The lowest BCUT2D eigenvalue weighted by Gasteiger charge is -2.07. The van der Waals surface area contributed by atoms with Crippen molar-refractivity contribution >= 4 is 44.2 Å². The minimum atomic E-state index is -3.81. The van der Waals surface area contributed by atoms with Gasteiger partial charge < -0.3 is 0 Å². The predicted octanol–water partition coefficient (Wildman–Crippen LogP) is 3.52. The van der Waals surface area contributed by atoms with E-state index in [1.807, 2.05) is 30.3 Å². The van der Waals surface area contributed by atoms with E-state index < -0.39 is 27.3 Å². The van der Waals surface area contributed by atoms with Crippen molar-refractivity contribution in [3.05, 3.63) is 65.5 Å². The number of carbonyl (C=O) groups is 1. The number of benzene rings is 2. The summed E-state index contributed by atoms with van der Waals surface area (Å²) in [5.41, 5.74) is 0.733. The summed E-state index contributed by atoms with van der Waals surface area (Å²) in [4.78, 5) is 12.2. The van der Waals surface area contributed by atoms with Gasteiger partial charge in [0.2, 0.25) is 15.2 Å². The van der Waals surface area contributed by atoms with E-state index in [-0.39, 0.29) is 16.6 Å². The molecule has 7 nitrogen and oxygen atoms in total. The molecule has 1 aromatic heterocycles. The summed E-state index contributed by atoms with van der Waals surface area (Å²) in [5.74, 6) is -0.935. The minimum Gasteiger partial charge on any atom is -0.296 e. The Labute approximate surface area is 175 Å². The molecule has 2 N–H and O–H groups in total. The number of nitrogens with one attached hydrogen (secondary N) is 2. The first-order valence-electron chi connectivity index (χ1n) is 8.50. The fourth-order valence-electron chi connectivity index (χ4n) is 2.32. The predicted molar refractivity (Wildman–Crippen MR) is 111 cm³/mol. The lowest BCUT2D eigenvalue weighted by molar-refractivity contribution is 0.102. The second kappa shape index (κ2) is 9.44. The molecule has 2 aromatic carbocycles. The van der Waals surface area contributed by atoms with Gasteiger partial charge in [0, 0.05) is 12.3 Å². The van der Waals surface area contributed by atoms with E-state index in [4.69, 9.17) is 0 Å². The zero-order valence-corrected chi connectivity index (χ0v) is 17.7. The van der Waals surface area contributed by atoms with Gasteiger partial charge in [-0.15, -0.1) is 10.2 Å². The van der Waals surface area contributed by atoms with Crippen LogP contribution in [0.2, 0.25) is 0 Å². The summed E-state index contributed by atoms with van der Waals surface area (Å²) >= 11 is 2.62. The molecule has 11 heteroatoms. The topological polar surface area (TPSA) is 101 Å². The largest absolute Gasteiger partial charge is 0.296 e. The molecular weight excluding hydrogens is 435 g/mol. The molecule has 152 valence electrons. The SMILES string of the molecule is CCNS(=O)(=O)c1ccc(F)c(C(=O)Nc2nnc(SCc3ccccc3)s2)c1. The third kappa shape index (κ3) is 5.60. The van der Waals surface area contributed by atoms with Gasteiger partial charge in [0.1, 0.15) is 5.82 Å². The monoisotopic (exact) mass is 452 g/mol. The van der Waals surface area contributed by atoms with Gasteiger partial charge in [0.15, 0.2) is 4.34 Å². The number of amides is 1. The van der Waals surface area contributed by atoms with Crippen LogP contribution >= 0.6 is 23.1 Å². The Bertz CT molecular complexity index is 1100. The van der Waals surface area contributed by atoms with Crippen molar-refractivity contribution in [3.8, 4) is 0 Å². The van der Waals surface area contributed by atoms with E-state index in [2.05, 4.69) is 20.2 Å². The number of carbonyl (C=O) groups excluding carboxylic acids is 1. The second-order valence-corrected chi connectivity index (χ2v) is 9.71. The quantitative estimate of drug-likeness (QED) is 0.401. The number of rotatable bonds is 8. The molecule has 0 fully saturated rings. The third-order valence-corrected chi connectivity index (χ3v) is 7.25. The first-order chi connectivity index (χ1) is 13.9. The van der Waals surface area contributed by atoms with Crippen LogP contribution < -0.4 is 10.0 Å². The van der Waals surface area contributed by atoms with Gasteiger partial charge in [-0.05, 0) is 23.8 Å². The first kappa shape index (κ1) is 21.4. The summed E-state index contributed by atoms with van der Waals surface area (Å²) < 4.78 is 41.2. The summed E-state index contributed by atoms with van der Waals surface area (Å²) in [5, 5.41) is 10.6. The fraction of sp³-hybridized carbons (Fsp3) is 0.167. The van der Waals surface area contributed by atoms with Crippen molar-refractivity contribution in [2.24, 2.45) is 0 Å². The van der Waals surface area contributed by atoms with E-state index in [0.717, 1.165) is 35.1 Å². The number of aromatic nitrogens is 2. The highest BCUT2D eigenvalue weighted by Crippen LogP contribution is 2.28. The molecule has 3 rings (SSSR count). The molecule has 0 aliphatic heterocycles. The highest BCUT2D eigenvalue weighted by molar-refractivity contribution is 8.00. The number of hydrogen-bond acceptors (Lipinski definition) is 7. The summed E-state index contributed by atoms with van der Waals surface area (Å²) in [6.07, 6.45) is 0. The Morgan fingerprint density at radius 2 is 1.93 bits per heavy atom. The molecule has 0 aliphatic rings. The number of sulfonamides is 1. The van der Waals surface area contributed by atoms with Crippen molar-refractivity contribution in [1.29, 1.82) is 0 Å². The minimum absolute atomic E-state index is 0.176. The molecule has 0 saturated heterocycles. The van der Waals surface area contributed by atoms with Crippen LogP contribution in [-0.2, 0) is 15.8 Å². The average Bonchev–Trinajstić information content (AvgIpc) is 3.14. The normalized spacial score (nSPS) is 11.4. The van der Waals surface area contributed by atoms with E-state index in [0.29, 0.717) is 10.1 Å². The molecule has 1 heterocycles. The first-order valence-corrected chi connectivity index (χ1v) is 11.8. The lowest BCUT2D eigenvalue weighted by Crippen LogP contribution is -2.24. The molecule has 0 spiro atoms. The van der Waals surface area contributed by atoms with Crippen LogP contribution in [0.3, 0.4) is 0 Å². The van der Waals surface area contributed by atoms with E-state index in [1.54, 1.807) is 6.92 Å². The fourth-order valence-corrected chi connectivity index (χ4v) is 5.09. The lowest BCUT2D eigenvalue weighted by atomic mass is 10.2. The van der Waals surface area contributed by atoms with E-state index >= 15 is 0 Å². The highest BCUT2D eigenvalue weighted by Gasteiger charge is 2.20. The molecule has 0 saturated carbocycles. The zero-order valence-electron chi connectivity index (χ0n) is 15.3. The van der Waals surface area contributed by atoms with Crippen molar-refractivity contribution < 1.29 is 17.6 Å². The number of hydrogen-bond donors (Lipinski definition) is 2. The zero-order chi connectivity index (χ0) is 20.9. The Morgan fingerprint density at radius 3 is 2.66 bits per heavy atom. The van der Waals surface area contributed by atoms with Crippen molar-refractivity contribution in [2.45, 2.75) is 21.9 Å². The van der Waals surface area contributed by atoms with Gasteiger partial charge in [-0.2, -0.15) is 0 Å². The van der Waals surface area contributed by atoms with Crippen LogP contribution in [0.15, 0.2) is 57.8 Å². The Morgan fingerprint density at radius 1 is 1.17 bits per heavy atom. The number of thioether (sulfide) groups is 1. The maximum Gasteiger partial charge on any atom is 0.260 e. The van der Waals surface area contributed by atoms with Gasteiger partial charge in [-0.1, -0.05) is 60.4 Å². The molecule has 1 amide bonds. The van der Waals surface area contributed by atoms with Crippen LogP contribution in [0, 0.1) is 5.82 Å². The molecule has 0 atom stereocenters. The van der Waals surface area contributed by atoms with E-state index in [1.165, 1.54) is 11.8 Å². The maximum absolute atomic E-state index is 14.1. The van der Waals surface area contributed by atoms with Gasteiger partial charge in [0.05, 0.1) is 10.5 Å². The van der Waals surface area contributed by atoms with Crippen LogP contribution in [0.4, 0.5) is 9.52 Å². The molecule has 0 aliphatic carbocycles. The molecule has 0 bridgehead atoms. The molecule has 0 unspecified atom stereocenters. The van der Waals surface area contributed by atoms with Crippen molar-refractivity contribution in [3.63, 3.8) is 0 Å². The third-order valence-electron chi connectivity index (χ3n) is 3.66. The van der Waals surface area contributed by atoms with Crippen LogP contribution in [0.25, 0.3) is 0 Å². The standard InChI is InChI=1S/C18H17FN4O3S3/c1-2-20-29(25,26)13-8-9-15(19)14(10-13)16(24)21-17-22-23-18(28-17)27-11-12-6-4-3-5-7-12/h3-10,20H,2,11H2,1H3,(H,21,22,24). The maximum atomic E-state index is 14.1. The average molecular weight is 453 g/mol. The van der Waals surface area contributed by atoms with Gasteiger partial charge in [0.25, 0.3) is 5.91 Å². The van der Waals surface area contributed by atoms with Crippen LogP contribution in [0.5, 0.6) is 0 Å². The molecule has 3 aromatic rings. The number of anilines is 1. The smallest absolute Gasteiger partial charge is 0.260 e. The van der Waals surface area contributed by atoms with Gasteiger partial charge in [-0.25, -0.2) is 17.5 Å².